The molecule has 0 aromatic heterocycles. The molecular weight excluding hydrogens is 244 g/mol. The maximum atomic E-state index is 10.6. The maximum absolute atomic E-state index is 10.6. The second kappa shape index (κ2) is 5.80. The molecule has 2 aromatic rings. The van der Waals surface area contributed by atoms with Crippen LogP contribution >= 0.6 is 0 Å². The highest BCUT2D eigenvalue weighted by atomic mass is 16.3. The van der Waals surface area contributed by atoms with E-state index < -0.39 is 0 Å². The molecule has 3 rings (SSSR count). The van der Waals surface area contributed by atoms with Crippen LogP contribution in [-0.2, 0) is 19.3 Å². The Labute approximate surface area is 121 Å². The van der Waals surface area contributed by atoms with Crippen LogP contribution in [0, 0.1) is 5.92 Å². The Hall–Kier alpha value is -1.60. The smallest absolute Gasteiger partial charge is 0.0821 e. The minimum Gasteiger partial charge on any atom is -0.388 e. The summed E-state index contributed by atoms with van der Waals surface area (Å²) in [4.78, 5) is 0. The third-order valence-corrected chi connectivity index (χ3v) is 4.56. The highest BCUT2D eigenvalue weighted by Gasteiger charge is 2.25. The van der Waals surface area contributed by atoms with Gasteiger partial charge in [-0.15, -0.1) is 0 Å². The van der Waals surface area contributed by atoms with Gasteiger partial charge in [0.25, 0.3) is 0 Å². The fourth-order valence-electron chi connectivity index (χ4n) is 3.22. The zero-order valence-corrected chi connectivity index (χ0v) is 12.0. The van der Waals surface area contributed by atoms with Crippen LogP contribution in [0.25, 0.3) is 0 Å². The number of fused-ring (bicyclic) bond motifs is 1. The van der Waals surface area contributed by atoms with E-state index in [-0.39, 0.29) is 6.10 Å². The molecule has 104 valence electrons. The molecule has 1 N–H and O–H groups in total. The molecule has 1 aliphatic carbocycles. The van der Waals surface area contributed by atoms with Gasteiger partial charge >= 0.3 is 0 Å². The number of aliphatic hydroxyl groups excluding tert-OH is 1. The molecule has 1 nitrogen and oxygen atoms in total. The quantitative estimate of drug-likeness (QED) is 0.887. The number of benzene rings is 2. The molecule has 2 aromatic carbocycles. The average molecular weight is 266 g/mol. The van der Waals surface area contributed by atoms with Gasteiger partial charge in [0.05, 0.1) is 6.10 Å². The SMILES string of the molecule is CCc1ccc(C(O)C2CCc3ccccc3C2)cc1. The molecule has 1 aliphatic rings. The van der Waals surface area contributed by atoms with E-state index in [1.165, 1.54) is 16.7 Å². The van der Waals surface area contributed by atoms with E-state index in [0.29, 0.717) is 5.92 Å². The van der Waals surface area contributed by atoms with E-state index in [1.54, 1.807) is 0 Å². The predicted molar refractivity (Wildman–Crippen MR) is 82.7 cm³/mol. The molecule has 0 radical (unpaired) electrons. The highest BCUT2D eigenvalue weighted by molar-refractivity contribution is 5.31. The summed E-state index contributed by atoms with van der Waals surface area (Å²) in [6, 6.07) is 17.1. The highest BCUT2D eigenvalue weighted by Crippen LogP contribution is 2.34. The normalized spacial score (nSPS) is 19.4. The standard InChI is InChI=1S/C19H22O/c1-2-14-7-9-16(10-8-14)19(20)18-12-11-15-5-3-4-6-17(15)13-18/h3-10,18-20H,2,11-13H2,1H3. The van der Waals surface area contributed by atoms with Crippen LogP contribution in [-0.4, -0.2) is 5.11 Å². The third-order valence-electron chi connectivity index (χ3n) is 4.56. The van der Waals surface area contributed by atoms with Gasteiger partial charge < -0.3 is 5.11 Å². The molecule has 2 atom stereocenters. The van der Waals surface area contributed by atoms with Gasteiger partial charge in [-0.25, -0.2) is 0 Å². The van der Waals surface area contributed by atoms with Crippen molar-refractivity contribution >= 4 is 0 Å². The summed E-state index contributed by atoms with van der Waals surface area (Å²) in [5, 5.41) is 10.6. The van der Waals surface area contributed by atoms with Gasteiger partial charge in [-0.1, -0.05) is 55.5 Å². The molecule has 0 saturated heterocycles. The Morgan fingerprint density at radius 2 is 1.75 bits per heavy atom. The van der Waals surface area contributed by atoms with Gasteiger partial charge in [-0.05, 0) is 53.9 Å². The first kappa shape index (κ1) is 13.4. The fraction of sp³-hybridized carbons (Fsp3) is 0.368. The Morgan fingerprint density at radius 1 is 1.05 bits per heavy atom. The number of hydrogen-bond acceptors (Lipinski definition) is 1. The second-order valence-electron chi connectivity index (χ2n) is 5.81. The molecule has 2 unspecified atom stereocenters. The van der Waals surface area contributed by atoms with Gasteiger partial charge in [0, 0.05) is 0 Å². The fourth-order valence-corrected chi connectivity index (χ4v) is 3.22. The van der Waals surface area contributed by atoms with Crippen molar-refractivity contribution < 1.29 is 5.11 Å². The van der Waals surface area contributed by atoms with Crippen molar-refractivity contribution in [3.63, 3.8) is 0 Å². The summed E-state index contributed by atoms with van der Waals surface area (Å²) < 4.78 is 0. The first-order valence-electron chi connectivity index (χ1n) is 7.61. The third kappa shape index (κ3) is 2.64. The first-order chi connectivity index (χ1) is 9.78. The number of aliphatic hydroxyl groups is 1. The Morgan fingerprint density at radius 3 is 2.45 bits per heavy atom. The number of rotatable bonds is 3. The first-order valence-corrected chi connectivity index (χ1v) is 7.61. The Balaban J connectivity index is 1.76. The zero-order valence-electron chi connectivity index (χ0n) is 12.0. The van der Waals surface area contributed by atoms with Gasteiger partial charge in [0.1, 0.15) is 0 Å². The van der Waals surface area contributed by atoms with Crippen LogP contribution < -0.4 is 0 Å². The molecule has 0 bridgehead atoms. The number of hydrogen-bond donors (Lipinski definition) is 1. The van der Waals surface area contributed by atoms with Crippen molar-refractivity contribution in [3.05, 3.63) is 70.8 Å². The van der Waals surface area contributed by atoms with Crippen LogP contribution in [0.5, 0.6) is 0 Å². The summed E-state index contributed by atoms with van der Waals surface area (Å²) in [7, 11) is 0. The Kier molecular flexibility index (Phi) is 3.88. The molecule has 0 heterocycles. The van der Waals surface area contributed by atoms with Crippen LogP contribution in [0.2, 0.25) is 0 Å². The van der Waals surface area contributed by atoms with Crippen molar-refractivity contribution in [2.45, 2.75) is 38.7 Å². The minimum atomic E-state index is -0.339. The van der Waals surface area contributed by atoms with Gasteiger partial charge in [0.15, 0.2) is 0 Å². The van der Waals surface area contributed by atoms with Crippen LogP contribution in [0.15, 0.2) is 48.5 Å². The van der Waals surface area contributed by atoms with E-state index in [2.05, 4.69) is 55.5 Å². The molecule has 0 fully saturated rings. The van der Waals surface area contributed by atoms with E-state index >= 15 is 0 Å². The number of aryl methyl sites for hydroxylation is 2. The summed E-state index contributed by atoms with van der Waals surface area (Å²) in [6.45, 7) is 2.16. The topological polar surface area (TPSA) is 20.2 Å². The summed E-state index contributed by atoms with van der Waals surface area (Å²) in [5.74, 6) is 0.345. The minimum absolute atomic E-state index is 0.339. The molecule has 0 spiro atoms. The zero-order chi connectivity index (χ0) is 13.9. The summed E-state index contributed by atoms with van der Waals surface area (Å²) >= 11 is 0. The van der Waals surface area contributed by atoms with Crippen molar-refractivity contribution in [3.8, 4) is 0 Å². The summed E-state index contributed by atoms with van der Waals surface area (Å²) in [5.41, 5.74) is 5.26. The maximum Gasteiger partial charge on any atom is 0.0821 e. The lowest BCUT2D eigenvalue weighted by Crippen LogP contribution is -2.21. The van der Waals surface area contributed by atoms with Crippen LogP contribution in [0.4, 0.5) is 0 Å². The molecule has 0 aliphatic heterocycles. The lowest BCUT2D eigenvalue weighted by molar-refractivity contribution is 0.0995. The van der Waals surface area contributed by atoms with Crippen molar-refractivity contribution in [1.29, 1.82) is 0 Å². The average Bonchev–Trinajstić information content (AvgIpc) is 2.54. The molecule has 0 saturated carbocycles. The lowest BCUT2D eigenvalue weighted by atomic mass is 9.79. The monoisotopic (exact) mass is 266 g/mol. The van der Waals surface area contributed by atoms with Crippen molar-refractivity contribution in [2.75, 3.05) is 0 Å². The van der Waals surface area contributed by atoms with Gasteiger partial charge in [-0.3, -0.25) is 0 Å². The molecule has 0 amide bonds. The predicted octanol–water partition coefficient (Wildman–Crippen LogP) is 4.09. The lowest BCUT2D eigenvalue weighted by Gasteiger charge is -2.28. The van der Waals surface area contributed by atoms with Crippen molar-refractivity contribution in [2.24, 2.45) is 5.92 Å². The van der Waals surface area contributed by atoms with E-state index in [1.807, 2.05) is 0 Å². The van der Waals surface area contributed by atoms with Crippen molar-refractivity contribution in [1.82, 2.24) is 0 Å². The van der Waals surface area contributed by atoms with E-state index in [0.717, 1.165) is 31.2 Å². The summed E-state index contributed by atoms with van der Waals surface area (Å²) in [6.07, 6.45) is 3.87. The van der Waals surface area contributed by atoms with Crippen LogP contribution in [0.3, 0.4) is 0 Å². The second-order valence-corrected chi connectivity index (χ2v) is 5.81. The van der Waals surface area contributed by atoms with Gasteiger partial charge in [0.2, 0.25) is 0 Å². The van der Waals surface area contributed by atoms with E-state index in [4.69, 9.17) is 0 Å². The molecular formula is C19H22O. The van der Waals surface area contributed by atoms with E-state index in [9.17, 15) is 5.11 Å². The van der Waals surface area contributed by atoms with Crippen LogP contribution in [0.1, 0.15) is 41.7 Å². The largest absolute Gasteiger partial charge is 0.388 e. The molecule has 20 heavy (non-hydrogen) atoms. The van der Waals surface area contributed by atoms with Gasteiger partial charge in [-0.2, -0.15) is 0 Å². The Bertz CT molecular complexity index is 571. The molecule has 1 heteroatoms.